The van der Waals surface area contributed by atoms with Crippen molar-refractivity contribution in [3.63, 3.8) is 0 Å². The first-order chi connectivity index (χ1) is 19.1. The fraction of sp³-hybridized carbons (Fsp3) is 0.419. The number of nitrogens with one attached hydrogen (secondary N) is 1. The number of aryl methyl sites for hydroxylation is 1. The Morgan fingerprint density at radius 1 is 1.13 bits per heavy atom. The number of anilines is 1. The van der Waals surface area contributed by atoms with Crippen LogP contribution in [0.4, 0.5) is 5.82 Å². The zero-order valence-corrected chi connectivity index (χ0v) is 24.6. The summed E-state index contributed by atoms with van der Waals surface area (Å²) >= 11 is 0.278. The second kappa shape index (κ2) is 11.7. The van der Waals surface area contributed by atoms with Crippen LogP contribution >= 0.6 is 0 Å². The number of rotatable bonds is 9. The van der Waals surface area contributed by atoms with Gasteiger partial charge in [-0.2, -0.15) is 0 Å². The number of hydrogen-bond acceptors (Lipinski definition) is 7. The van der Waals surface area contributed by atoms with Gasteiger partial charge >= 0.3 is 237 Å². The summed E-state index contributed by atoms with van der Waals surface area (Å²) in [5.41, 5.74) is 4.97. The van der Waals surface area contributed by atoms with E-state index < -0.39 is 0 Å². The van der Waals surface area contributed by atoms with E-state index in [1.807, 2.05) is 19.1 Å². The molecule has 0 spiro atoms. The SMILES string of the molecule is COc1cc2nc(C)nc(N[C@H](C)c3cc(-c4ccccc4CN4CCCC4)c[se]3)c2cc1O[C@H]1CCOC1. The van der Waals surface area contributed by atoms with E-state index >= 15 is 0 Å². The molecule has 2 atom stereocenters. The van der Waals surface area contributed by atoms with Gasteiger partial charge in [0.1, 0.15) is 0 Å². The van der Waals surface area contributed by atoms with Gasteiger partial charge in [-0.25, -0.2) is 0 Å². The van der Waals surface area contributed by atoms with Gasteiger partial charge in [0.2, 0.25) is 0 Å². The molecule has 4 aromatic rings. The van der Waals surface area contributed by atoms with E-state index in [-0.39, 0.29) is 26.6 Å². The molecule has 2 saturated heterocycles. The van der Waals surface area contributed by atoms with Crippen molar-refractivity contribution in [2.45, 2.75) is 51.8 Å². The van der Waals surface area contributed by atoms with Crippen molar-refractivity contribution in [1.29, 1.82) is 0 Å². The standard InChI is InChI=1S/C31H36N4O3Se/c1-20(30-14-23(19-39-30)25-9-5-4-8-22(25)17-35-11-6-7-12-35)32-31-26-15-29(38-24-10-13-37-18-24)28(36-3)16-27(26)33-21(2)34-31/h4-5,8-9,14-16,19-20,24H,6-7,10-13,17-18H2,1-3H3,(H,32,33,34)/t20-,24+/m1/s1. The van der Waals surface area contributed by atoms with Crippen LogP contribution in [-0.4, -0.2) is 68.9 Å². The number of benzene rings is 2. The molecule has 2 aliphatic heterocycles. The first kappa shape index (κ1) is 26.3. The molecule has 4 heterocycles. The van der Waals surface area contributed by atoms with Gasteiger partial charge in [0, 0.05) is 0 Å². The summed E-state index contributed by atoms with van der Waals surface area (Å²) in [7, 11) is 1.66. The first-order valence-corrected chi connectivity index (χ1v) is 15.7. The Hall–Kier alpha value is -2.90. The minimum atomic E-state index is 0.0298. The van der Waals surface area contributed by atoms with Crippen LogP contribution in [0.5, 0.6) is 11.5 Å². The van der Waals surface area contributed by atoms with Crippen LogP contribution in [0, 0.1) is 6.92 Å². The number of aromatic nitrogens is 2. The molecule has 0 saturated carbocycles. The number of likely N-dealkylation sites (tertiary alicyclic amines) is 1. The average molecular weight is 592 g/mol. The van der Waals surface area contributed by atoms with Crippen molar-refractivity contribution >= 4 is 31.2 Å². The summed E-state index contributed by atoms with van der Waals surface area (Å²) in [5, 5.41) is 4.63. The van der Waals surface area contributed by atoms with Crippen molar-refractivity contribution in [3.8, 4) is 22.6 Å². The monoisotopic (exact) mass is 592 g/mol. The molecule has 0 aliphatic carbocycles. The van der Waals surface area contributed by atoms with Gasteiger partial charge < -0.3 is 0 Å². The summed E-state index contributed by atoms with van der Waals surface area (Å²) in [6, 6.07) is 15.4. The normalized spacial score (nSPS) is 18.5. The molecule has 7 nitrogen and oxygen atoms in total. The number of nitrogens with zero attached hydrogens (tertiary/aromatic N) is 3. The van der Waals surface area contributed by atoms with Crippen LogP contribution < -0.4 is 14.8 Å². The van der Waals surface area contributed by atoms with E-state index in [1.165, 1.54) is 47.1 Å². The summed E-state index contributed by atoms with van der Waals surface area (Å²) in [5.74, 6) is 2.92. The van der Waals surface area contributed by atoms with Gasteiger partial charge in [-0.3, -0.25) is 0 Å². The second-order valence-corrected chi connectivity index (χ2v) is 12.5. The third-order valence-corrected chi connectivity index (χ3v) is 9.94. The maximum absolute atomic E-state index is 6.26. The summed E-state index contributed by atoms with van der Waals surface area (Å²) in [6.07, 6.45) is 3.53. The van der Waals surface area contributed by atoms with E-state index in [2.05, 4.69) is 57.4 Å². The molecule has 2 aromatic heterocycles. The van der Waals surface area contributed by atoms with Crippen molar-refractivity contribution in [2.75, 3.05) is 38.7 Å². The number of methoxy groups -OCH3 is 1. The predicted octanol–water partition coefficient (Wildman–Crippen LogP) is 5.61. The van der Waals surface area contributed by atoms with Crippen molar-refractivity contribution in [3.05, 3.63) is 63.2 Å². The molecule has 1 N–H and O–H groups in total. The third-order valence-electron chi connectivity index (χ3n) is 7.60. The molecule has 39 heavy (non-hydrogen) atoms. The second-order valence-electron chi connectivity index (χ2n) is 10.5. The molecule has 8 heteroatoms. The van der Waals surface area contributed by atoms with E-state index in [1.54, 1.807) is 7.11 Å². The van der Waals surface area contributed by atoms with Crippen LogP contribution in [0.15, 0.2) is 47.4 Å². The van der Waals surface area contributed by atoms with Gasteiger partial charge in [0.15, 0.2) is 0 Å². The maximum atomic E-state index is 6.26. The molecule has 2 aliphatic rings. The fourth-order valence-corrected chi connectivity index (χ4v) is 7.44. The third kappa shape index (κ3) is 5.85. The van der Waals surface area contributed by atoms with Crippen LogP contribution in [0.1, 0.15) is 48.1 Å². The van der Waals surface area contributed by atoms with Gasteiger partial charge in [-0.15, -0.1) is 0 Å². The molecule has 0 bridgehead atoms. The van der Waals surface area contributed by atoms with Gasteiger partial charge in [-0.05, 0) is 0 Å². The van der Waals surface area contributed by atoms with Gasteiger partial charge in [0.05, 0.1) is 0 Å². The Morgan fingerprint density at radius 3 is 2.77 bits per heavy atom. The molecule has 2 aromatic carbocycles. The zero-order valence-electron chi connectivity index (χ0n) is 22.9. The predicted molar refractivity (Wildman–Crippen MR) is 156 cm³/mol. The fourth-order valence-electron chi connectivity index (χ4n) is 5.52. The van der Waals surface area contributed by atoms with Gasteiger partial charge in [-0.1, -0.05) is 0 Å². The Labute approximate surface area is 236 Å². The van der Waals surface area contributed by atoms with Crippen molar-refractivity contribution in [2.24, 2.45) is 0 Å². The molecule has 2 fully saturated rings. The Balaban J connectivity index is 1.26. The number of ether oxygens (including phenoxy) is 3. The molecule has 0 unspecified atom stereocenters. The van der Waals surface area contributed by atoms with Crippen LogP contribution in [0.3, 0.4) is 0 Å². The average Bonchev–Trinajstić information content (AvgIpc) is 3.73. The molecule has 204 valence electrons. The Morgan fingerprint density at radius 2 is 1.97 bits per heavy atom. The summed E-state index contributed by atoms with van der Waals surface area (Å²) in [4.78, 5) is 14.5. The molecule has 0 radical (unpaired) electrons. The van der Waals surface area contributed by atoms with E-state index in [0.29, 0.717) is 18.1 Å². The quantitative estimate of drug-likeness (QED) is 0.254. The summed E-state index contributed by atoms with van der Waals surface area (Å²) in [6.45, 7) is 8.92. The van der Waals surface area contributed by atoms with Crippen LogP contribution in [0.25, 0.3) is 22.0 Å². The van der Waals surface area contributed by atoms with E-state index in [4.69, 9.17) is 19.2 Å². The Bertz CT molecular complexity index is 1440. The topological polar surface area (TPSA) is 68.7 Å². The number of fused-ring (bicyclic) bond motifs is 1. The van der Waals surface area contributed by atoms with Crippen LogP contribution in [-0.2, 0) is 11.3 Å². The molecular formula is C31H36N4O3Se. The molecular weight excluding hydrogens is 555 g/mol. The van der Waals surface area contributed by atoms with E-state index in [9.17, 15) is 0 Å². The minimum absolute atomic E-state index is 0.0298. The summed E-state index contributed by atoms with van der Waals surface area (Å²) < 4.78 is 18.8. The molecule has 0 amide bonds. The number of hydrogen-bond donors (Lipinski definition) is 1. The zero-order chi connectivity index (χ0) is 26.8. The van der Waals surface area contributed by atoms with Crippen molar-refractivity contribution in [1.82, 2.24) is 14.9 Å². The van der Waals surface area contributed by atoms with Crippen LogP contribution in [0.2, 0.25) is 0 Å². The van der Waals surface area contributed by atoms with E-state index in [0.717, 1.165) is 42.1 Å². The first-order valence-electron chi connectivity index (χ1n) is 13.8. The van der Waals surface area contributed by atoms with Gasteiger partial charge in [0.25, 0.3) is 0 Å². The Kier molecular flexibility index (Phi) is 7.89. The molecule has 6 rings (SSSR count). The van der Waals surface area contributed by atoms with Crippen molar-refractivity contribution < 1.29 is 14.2 Å².